The summed E-state index contributed by atoms with van der Waals surface area (Å²) in [6.45, 7) is 9.38. The van der Waals surface area contributed by atoms with Gasteiger partial charge in [0.1, 0.15) is 5.82 Å². The van der Waals surface area contributed by atoms with E-state index in [1.54, 1.807) is 6.20 Å². The van der Waals surface area contributed by atoms with Gasteiger partial charge in [0.05, 0.1) is 17.3 Å². The smallest absolute Gasteiger partial charge is 0.399 e. The highest BCUT2D eigenvalue weighted by Crippen LogP contribution is 2.37. The highest BCUT2D eigenvalue weighted by molar-refractivity contribution is 6.63. The molecule has 3 rings (SSSR count). The van der Waals surface area contributed by atoms with Gasteiger partial charge >= 0.3 is 7.12 Å². The minimum atomic E-state index is -0.415. The number of anilines is 1. The van der Waals surface area contributed by atoms with Gasteiger partial charge in [-0.3, -0.25) is 0 Å². The van der Waals surface area contributed by atoms with Crippen LogP contribution in [0.25, 0.3) is 0 Å². The zero-order valence-electron chi connectivity index (χ0n) is 12.5. The Morgan fingerprint density at radius 1 is 1.25 bits per heavy atom. The van der Waals surface area contributed by atoms with Gasteiger partial charge in [-0.15, -0.1) is 0 Å². The monoisotopic (exact) mass is 276 g/mol. The molecule has 0 bridgehead atoms. The standard InChI is InChI=1S/C14H21BN2O3/c1-13(2)14(3,4)20-15(19-13)11-6-5-7-16-12(11)17-8-10(18)9-17/h5-7,10,18H,8-9H2,1-4H3. The molecule has 0 radical (unpaired) electrons. The number of aliphatic hydroxyl groups excluding tert-OH is 1. The van der Waals surface area contributed by atoms with Crippen LogP contribution in [0.5, 0.6) is 0 Å². The Morgan fingerprint density at radius 2 is 1.85 bits per heavy atom. The van der Waals surface area contributed by atoms with Crippen molar-refractivity contribution in [2.75, 3.05) is 18.0 Å². The Balaban J connectivity index is 1.89. The van der Waals surface area contributed by atoms with Crippen molar-refractivity contribution < 1.29 is 14.4 Å². The molecule has 2 aliphatic rings. The lowest BCUT2D eigenvalue weighted by molar-refractivity contribution is 0.00578. The molecule has 20 heavy (non-hydrogen) atoms. The number of hydrogen-bond donors (Lipinski definition) is 1. The highest BCUT2D eigenvalue weighted by atomic mass is 16.7. The first-order chi connectivity index (χ1) is 9.30. The Bertz CT molecular complexity index is 499. The summed E-state index contributed by atoms with van der Waals surface area (Å²) in [4.78, 5) is 6.48. The van der Waals surface area contributed by atoms with E-state index in [9.17, 15) is 5.11 Å². The summed E-state index contributed by atoms with van der Waals surface area (Å²) in [7, 11) is -0.415. The Kier molecular flexibility index (Phi) is 3.08. The van der Waals surface area contributed by atoms with Gasteiger partial charge < -0.3 is 19.3 Å². The van der Waals surface area contributed by atoms with Crippen LogP contribution in [-0.4, -0.2) is 47.6 Å². The number of hydrogen-bond acceptors (Lipinski definition) is 5. The average Bonchev–Trinajstić information content (AvgIpc) is 2.55. The normalized spacial score (nSPS) is 24.9. The third kappa shape index (κ3) is 2.12. The van der Waals surface area contributed by atoms with Crippen LogP contribution in [-0.2, 0) is 9.31 Å². The number of rotatable bonds is 2. The van der Waals surface area contributed by atoms with Crippen molar-refractivity contribution in [1.29, 1.82) is 0 Å². The second-order valence-corrected chi connectivity index (χ2v) is 6.56. The number of aliphatic hydroxyl groups is 1. The summed E-state index contributed by atoms with van der Waals surface area (Å²) in [5.41, 5.74) is 0.205. The quantitative estimate of drug-likeness (QED) is 0.800. The molecule has 0 amide bonds. The van der Waals surface area contributed by atoms with Gasteiger partial charge in [-0.1, -0.05) is 6.07 Å². The van der Waals surface area contributed by atoms with Crippen LogP contribution in [0.2, 0.25) is 0 Å². The van der Waals surface area contributed by atoms with E-state index in [2.05, 4.69) is 4.98 Å². The summed E-state index contributed by atoms with van der Waals surface area (Å²) >= 11 is 0. The van der Waals surface area contributed by atoms with Crippen LogP contribution in [0.3, 0.4) is 0 Å². The summed E-state index contributed by atoms with van der Waals surface area (Å²) < 4.78 is 12.2. The van der Waals surface area contributed by atoms with E-state index in [0.29, 0.717) is 13.1 Å². The Labute approximate surface area is 120 Å². The molecule has 0 spiro atoms. The number of aromatic nitrogens is 1. The van der Waals surface area contributed by atoms with E-state index in [1.165, 1.54) is 0 Å². The molecule has 2 fully saturated rings. The Morgan fingerprint density at radius 3 is 2.40 bits per heavy atom. The van der Waals surface area contributed by atoms with Crippen LogP contribution in [0.15, 0.2) is 18.3 Å². The SMILES string of the molecule is CC1(C)OB(c2cccnc2N2CC(O)C2)OC1(C)C. The van der Waals surface area contributed by atoms with Crippen molar-refractivity contribution >= 4 is 18.4 Å². The minimum absolute atomic E-state index is 0.261. The Hall–Kier alpha value is -1.11. The molecule has 3 heterocycles. The minimum Gasteiger partial charge on any atom is -0.399 e. The fourth-order valence-electron chi connectivity index (χ4n) is 2.46. The second-order valence-electron chi connectivity index (χ2n) is 6.56. The van der Waals surface area contributed by atoms with Gasteiger partial charge in [0.25, 0.3) is 0 Å². The predicted octanol–water partition coefficient (Wildman–Crippen LogP) is 0.562. The van der Waals surface area contributed by atoms with Crippen LogP contribution >= 0.6 is 0 Å². The molecule has 0 unspecified atom stereocenters. The summed E-state index contributed by atoms with van der Waals surface area (Å²) in [5, 5.41) is 9.47. The molecule has 0 aromatic carbocycles. The first-order valence-electron chi connectivity index (χ1n) is 7.04. The molecule has 0 saturated carbocycles. The third-order valence-corrected chi connectivity index (χ3v) is 4.49. The fourth-order valence-corrected chi connectivity index (χ4v) is 2.46. The highest BCUT2D eigenvalue weighted by Gasteiger charge is 2.52. The molecule has 1 aromatic rings. The first-order valence-corrected chi connectivity index (χ1v) is 7.04. The van der Waals surface area contributed by atoms with E-state index in [-0.39, 0.29) is 17.3 Å². The molecule has 1 aromatic heterocycles. The van der Waals surface area contributed by atoms with Crippen LogP contribution in [0, 0.1) is 0 Å². The predicted molar refractivity (Wildman–Crippen MR) is 78.2 cm³/mol. The lowest BCUT2D eigenvalue weighted by Crippen LogP contribution is -2.54. The lowest BCUT2D eigenvalue weighted by Gasteiger charge is -2.38. The number of pyridine rings is 1. The fraction of sp³-hybridized carbons (Fsp3) is 0.643. The van der Waals surface area contributed by atoms with Gasteiger partial charge in [0.15, 0.2) is 0 Å². The van der Waals surface area contributed by atoms with E-state index in [4.69, 9.17) is 9.31 Å². The molecule has 1 N–H and O–H groups in total. The molecule has 5 nitrogen and oxygen atoms in total. The molecule has 0 atom stereocenters. The molecule has 0 aliphatic carbocycles. The van der Waals surface area contributed by atoms with Crippen molar-refractivity contribution in [3.05, 3.63) is 18.3 Å². The van der Waals surface area contributed by atoms with Gasteiger partial charge in [-0.05, 0) is 33.8 Å². The van der Waals surface area contributed by atoms with Crippen molar-refractivity contribution in [2.24, 2.45) is 0 Å². The van der Waals surface area contributed by atoms with Gasteiger partial charge in [-0.2, -0.15) is 0 Å². The van der Waals surface area contributed by atoms with Gasteiger partial charge in [-0.25, -0.2) is 4.98 Å². The lowest BCUT2D eigenvalue weighted by atomic mass is 9.78. The topological polar surface area (TPSA) is 54.8 Å². The van der Waals surface area contributed by atoms with Crippen molar-refractivity contribution in [1.82, 2.24) is 4.98 Å². The summed E-state index contributed by atoms with van der Waals surface area (Å²) in [6, 6.07) is 3.87. The maximum absolute atomic E-state index is 9.47. The van der Waals surface area contributed by atoms with E-state index >= 15 is 0 Å². The summed E-state index contributed by atoms with van der Waals surface area (Å²) in [6.07, 6.45) is 1.50. The molecule has 2 saturated heterocycles. The molecule has 108 valence electrons. The second kappa shape index (κ2) is 4.45. The zero-order valence-corrected chi connectivity index (χ0v) is 12.5. The molecular formula is C14H21BN2O3. The maximum Gasteiger partial charge on any atom is 0.498 e. The van der Waals surface area contributed by atoms with Gasteiger partial charge in [0, 0.05) is 24.7 Å². The van der Waals surface area contributed by atoms with Crippen molar-refractivity contribution in [2.45, 2.75) is 45.0 Å². The largest absolute Gasteiger partial charge is 0.498 e. The van der Waals surface area contributed by atoms with E-state index in [0.717, 1.165) is 11.3 Å². The number of nitrogens with zero attached hydrogens (tertiary/aromatic N) is 2. The van der Waals surface area contributed by atoms with E-state index in [1.807, 2.05) is 44.7 Å². The van der Waals surface area contributed by atoms with Crippen molar-refractivity contribution in [3.8, 4) is 0 Å². The summed E-state index contributed by atoms with van der Waals surface area (Å²) in [5.74, 6) is 0.844. The third-order valence-electron chi connectivity index (χ3n) is 4.49. The van der Waals surface area contributed by atoms with E-state index < -0.39 is 7.12 Å². The molecule has 6 heteroatoms. The molecular weight excluding hydrogens is 255 g/mol. The van der Waals surface area contributed by atoms with Crippen molar-refractivity contribution in [3.63, 3.8) is 0 Å². The zero-order chi connectivity index (χ0) is 14.5. The average molecular weight is 276 g/mol. The first kappa shape index (κ1) is 13.9. The molecule has 2 aliphatic heterocycles. The van der Waals surface area contributed by atoms with Gasteiger partial charge in [0.2, 0.25) is 0 Å². The number of β-amino-alcohol motifs (C(OH)–C–C–N with tert-alkyl or cyclic N) is 1. The van der Waals surface area contributed by atoms with Crippen LogP contribution < -0.4 is 10.4 Å². The van der Waals surface area contributed by atoms with Crippen LogP contribution in [0.1, 0.15) is 27.7 Å². The maximum atomic E-state index is 9.47. The van der Waals surface area contributed by atoms with Crippen LogP contribution in [0.4, 0.5) is 5.82 Å².